The Balaban J connectivity index is 1.54. The quantitative estimate of drug-likeness (QED) is 0.295. The molecule has 9 nitrogen and oxygen atoms in total. The van der Waals surface area contributed by atoms with E-state index in [-0.39, 0.29) is 11.8 Å². The number of ether oxygens (including phenoxy) is 1. The van der Waals surface area contributed by atoms with Gasteiger partial charge in [-0.15, -0.1) is 22.7 Å². The number of thiazole rings is 1. The summed E-state index contributed by atoms with van der Waals surface area (Å²) in [7, 11) is 1.26. The predicted octanol–water partition coefficient (Wildman–Crippen LogP) is 4.23. The average molecular weight is 572 g/mol. The Labute approximate surface area is 231 Å². The monoisotopic (exact) mass is 571 g/mol. The largest absolute Gasteiger partial charge is 0.755 e. The van der Waals surface area contributed by atoms with Gasteiger partial charge in [-0.25, -0.2) is 9.78 Å². The third kappa shape index (κ3) is 7.84. The molecule has 12 heteroatoms. The van der Waals surface area contributed by atoms with Crippen molar-refractivity contribution in [2.24, 2.45) is 5.92 Å². The first-order chi connectivity index (χ1) is 18.4. The zero-order chi connectivity index (χ0) is 26.9. The summed E-state index contributed by atoms with van der Waals surface area (Å²) in [6.07, 6.45) is 6.19. The molecule has 4 rings (SSSR count). The molecule has 0 spiro atoms. The van der Waals surface area contributed by atoms with Crippen LogP contribution >= 0.6 is 22.7 Å². The number of hydrogen-bond donors (Lipinski definition) is 3. The van der Waals surface area contributed by atoms with E-state index in [0.717, 1.165) is 21.1 Å². The number of amides is 2. The number of alkyl carbamates (subject to hydrolysis) is 1. The molecule has 2 heterocycles. The van der Waals surface area contributed by atoms with Gasteiger partial charge < -0.3 is 24.6 Å². The van der Waals surface area contributed by atoms with Crippen LogP contribution < -0.4 is 15.4 Å². The fourth-order valence-electron chi connectivity index (χ4n) is 4.06. The lowest BCUT2D eigenvalue weighted by Crippen LogP contribution is -2.49. The maximum Gasteiger partial charge on any atom is 0.407 e. The number of carbonyl (C=O) groups excluding carboxylic acids is 2. The molecule has 0 radical (unpaired) electrons. The molecule has 1 aliphatic carbocycles. The van der Waals surface area contributed by atoms with E-state index < -0.39 is 29.4 Å². The fourth-order valence-corrected chi connectivity index (χ4v) is 6.09. The standard InChI is InChI=1S/C26H28N4O5S3/c1-35-26(32)29-21(15-17-6-3-2-4-7-17)24(31)27-20(14-18-9-11-19(12-10-18)30-38(33)34)22-16-37-25(28-22)23-8-5-13-36-23/h2-9,11-13,16,18,20-21,30H,10,14-15H2,1H3,(H,27,31)(H,29,32)(H,33,34)/p-1/t18?,20-,21-/m0/s1. The molecule has 0 saturated carbocycles. The zero-order valence-electron chi connectivity index (χ0n) is 20.5. The molecule has 2 aromatic heterocycles. The number of allylic oxidation sites excluding steroid dienone is 3. The second kappa shape index (κ2) is 13.5. The topological polar surface area (TPSA) is 132 Å². The smallest absolute Gasteiger partial charge is 0.407 e. The Morgan fingerprint density at radius 1 is 1.18 bits per heavy atom. The molecule has 1 aromatic carbocycles. The van der Waals surface area contributed by atoms with E-state index in [1.54, 1.807) is 17.4 Å². The lowest BCUT2D eigenvalue weighted by Gasteiger charge is -2.26. The molecule has 2 amide bonds. The van der Waals surface area contributed by atoms with Crippen molar-refractivity contribution in [1.29, 1.82) is 0 Å². The molecule has 1 aliphatic rings. The van der Waals surface area contributed by atoms with Gasteiger partial charge in [0.1, 0.15) is 11.0 Å². The minimum Gasteiger partial charge on any atom is -0.755 e. The molecule has 200 valence electrons. The molecule has 0 fully saturated rings. The van der Waals surface area contributed by atoms with E-state index in [0.29, 0.717) is 25.0 Å². The van der Waals surface area contributed by atoms with Crippen molar-refractivity contribution in [3.8, 4) is 9.88 Å². The Bertz CT molecular complexity index is 1310. The van der Waals surface area contributed by atoms with Crippen LogP contribution in [0.15, 0.2) is 77.1 Å². The molecule has 2 unspecified atom stereocenters. The van der Waals surface area contributed by atoms with E-state index in [1.807, 2.05) is 65.4 Å². The number of thiophene rings is 1. The van der Waals surface area contributed by atoms with Crippen LogP contribution in [-0.4, -0.2) is 38.9 Å². The second-order valence-electron chi connectivity index (χ2n) is 8.58. The molecular weight excluding hydrogens is 545 g/mol. The second-order valence-corrected chi connectivity index (χ2v) is 11.1. The highest BCUT2D eigenvalue weighted by atomic mass is 32.2. The molecule has 3 N–H and O–H groups in total. The Morgan fingerprint density at radius 2 is 2.00 bits per heavy atom. The number of carbonyl (C=O) groups is 2. The molecule has 3 aromatic rings. The zero-order valence-corrected chi connectivity index (χ0v) is 22.9. The Kier molecular flexibility index (Phi) is 9.82. The lowest BCUT2D eigenvalue weighted by atomic mass is 9.91. The lowest BCUT2D eigenvalue weighted by molar-refractivity contribution is -0.123. The number of nitrogens with one attached hydrogen (secondary N) is 3. The number of rotatable bonds is 11. The van der Waals surface area contributed by atoms with Crippen LogP contribution in [0.4, 0.5) is 4.79 Å². The van der Waals surface area contributed by atoms with Gasteiger partial charge in [-0.1, -0.05) is 48.6 Å². The van der Waals surface area contributed by atoms with E-state index in [4.69, 9.17) is 9.72 Å². The molecular formula is C26H27N4O5S3-. The van der Waals surface area contributed by atoms with E-state index in [1.165, 1.54) is 18.4 Å². The Morgan fingerprint density at radius 3 is 2.66 bits per heavy atom. The van der Waals surface area contributed by atoms with Crippen molar-refractivity contribution < 1.29 is 23.1 Å². The van der Waals surface area contributed by atoms with Crippen LogP contribution in [0, 0.1) is 5.92 Å². The average Bonchev–Trinajstić information content (AvgIpc) is 3.62. The summed E-state index contributed by atoms with van der Waals surface area (Å²) >= 11 is 0.709. The summed E-state index contributed by atoms with van der Waals surface area (Å²) in [6, 6.07) is 12.1. The summed E-state index contributed by atoms with van der Waals surface area (Å²) in [5, 5.41) is 10.5. The van der Waals surface area contributed by atoms with Gasteiger partial charge in [-0.2, -0.15) is 0 Å². The number of hydrogen-bond acceptors (Lipinski definition) is 8. The van der Waals surface area contributed by atoms with E-state index >= 15 is 0 Å². The molecule has 0 aliphatic heterocycles. The van der Waals surface area contributed by atoms with Crippen LogP contribution in [0.1, 0.15) is 30.1 Å². The summed E-state index contributed by atoms with van der Waals surface area (Å²) < 4.78 is 29.0. The highest BCUT2D eigenvalue weighted by Gasteiger charge is 2.28. The summed E-state index contributed by atoms with van der Waals surface area (Å²) in [5.41, 5.74) is 2.13. The predicted molar refractivity (Wildman–Crippen MR) is 148 cm³/mol. The maximum atomic E-state index is 13.5. The summed E-state index contributed by atoms with van der Waals surface area (Å²) in [6.45, 7) is 0. The number of benzene rings is 1. The van der Waals surface area contributed by atoms with Crippen molar-refractivity contribution in [3.63, 3.8) is 0 Å². The van der Waals surface area contributed by atoms with Crippen LogP contribution in [0.3, 0.4) is 0 Å². The van der Waals surface area contributed by atoms with Crippen LogP contribution in [0.5, 0.6) is 0 Å². The maximum absolute atomic E-state index is 13.5. The van der Waals surface area contributed by atoms with Crippen LogP contribution in [0.25, 0.3) is 9.88 Å². The SMILES string of the molecule is COC(=O)N[C@@H](Cc1ccccc1)C(=O)N[C@@H](CC1C=CC(NS(=O)[O-])=CC1)c1csc(-c2cccs2)n1. The van der Waals surface area contributed by atoms with Gasteiger partial charge in [0.15, 0.2) is 0 Å². The highest BCUT2D eigenvalue weighted by Crippen LogP contribution is 2.33. The van der Waals surface area contributed by atoms with Crippen molar-refractivity contribution in [2.45, 2.75) is 31.3 Å². The first kappa shape index (κ1) is 27.7. The third-order valence-corrected chi connectivity index (χ3v) is 8.23. The van der Waals surface area contributed by atoms with Gasteiger partial charge in [0.2, 0.25) is 5.91 Å². The third-order valence-electron chi connectivity index (χ3n) is 5.93. The summed E-state index contributed by atoms with van der Waals surface area (Å²) in [5.74, 6) is -0.312. The van der Waals surface area contributed by atoms with Gasteiger partial charge in [-0.3, -0.25) is 9.00 Å². The van der Waals surface area contributed by atoms with Gasteiger partial charge >= 0.3 is 6.09 Å². The minimum atomic E-state index is -2.39. The highest BCUT2D eigenvalue weighted by molar-refractivity contribution is 7.77. The van der Waals surface area contributed by atoms with E-state index in [9.17, 15) is 18.4 Å². The van der Waals surface area contributed by atoms with Crippen LogP contribution in [0.2, 0.25) is 0 Å². The number of aromatic nitrogens is 1. The number of methoxy groups -OCH3 is 1. The van der Waals surface area contributed by atoms with Gasteiger partial charge in [0, 0.05) is 28.8 Å². The van der Waals surface area contributed by atoms with Gasteiger partial charge in [-0.05, 0) is 41.8 Å². The molecule has 0 bridgehead atoms. The first-order valence-corrected chi connectivity index (χ1v) is 14.7. The summed E-state index contributed by atoms with van der Waals surface area (Å²) in [4.78, 5) is 31.4. The number of nitrogens with zero attached hydrogens (tertiary/aromatic N) is 1. The van der Waals surface area contributed by atoms with Gasteiger partial charge in [0.05, 0.1) is 23.7 Å². The molecule has 38 heavy (non-hydrogen) atoms. The van der Waals surface area contributed by atoms with Crippen molar-refractivity contribution in [1.82, 2.24) is 20.3 Å². The Hall–Kier alpha value is -3.32. The van der Waals surface area contributed by atoms with E-state index in [2.05, 4.69) is 15.4 Å². The fraction of sp³-hybridized carbons (Fsp3) is 0.269. The normalized spacial score (nSPS) is 17.1. The molecule has 0 saturated heterocycles. The first-order valence-electron chi connectivity index (χ1n) is 11.8. The minimum absolute atomic E-state index is 0.0407. The van der Waals surface area contributed by atoms with Crippen molar-refractivity contribution in [2.75, 3.05) is 7.11 Å². The van der Waals surface area contributed by atoms with Gasteiger partial charge in [0.25, 0.3) is 0 Å². The van der Waals surface area contributed by atoms with Crippen molar-refractivity contribution >= 4 is 45.9 Å². The molecule has 4 atom stereocenters. The van der Waals surface area contributed by atoms with Crippen LogP contribution in [-0.2, 0) is 27.2 Å². The van der Waals surface area contributed by atoms with Crippen molar-refractivity contribution in [3.05, 3.63) is 88.4 Å².